The average Bonchev–Trinajstić information content (AvgIpc) is 2.45. The van der Waals surface area contributed by atoms with Crippen molar-refractivity contribution in [2.24, 2.45) is 0 Å². The lowest BCUT2D eigenvalue weighted by atomic mass is 10.0. The molecule has 0 aromatic heterocycles. The number of ketones is 1. The van der Waals surface area contributed by atoms with E-state index in [2.05, 4.69) is 6.92 Å². The molecule has 1 rings (SSSR count). The van der Waals surface area contributed by atoms with Crippen molar-refractivity contribution in [3.8, 4) is 0 Å². The van der Waals surface area contributed by atoms with Crippen LogP contribution in [0.3, 0.4) is 0 Å². The van der Waals surface area contributed by atoms with Crippen molar-refractivity contribution in [1.29, 1.82) is 0 Å². The number of unbranched alkanes of at least 4 members (excludes halogenated alkanes) is 4. The van der Waals surface area contributed by atoms with Crippen molar-refractivity contribution in [2.45, 2.75) is 51.6 Å². The molecule has 1 aromatic rings. The topological polar surface area (TPSA) is 37.3 Å². The third kappa shape index (κ3) is 6.92. The fourth-order valence-electron chi connectivity index (χ4n) is 1.94. The number of carbonyl (C=O) groups excluding carboxylic acids is 1. The molecule has 0 bridgehead atoms. The second kappa shape index (κ2) is 9.51. The molecule has 1 aromatic carbocycles. The van der Waals surface area contributed by atoms with Crippen LogP contribution in [0.4, 0.5) is 0 Å². The lowest BCUT2D eigenvalue weighted by molar-refractivity contribution is -0.122. The Kier molecular flexibility index (Phi) is 7.83. The van der Waals surface area contributed by atoms with Gasteiger partial charge in [0.15, 0.2) is 5.78 Å². The molecule has 1 N–H and O–H groups in total. The Hall–Kier alpha value is -1.41. The average molecular weight is 260 g/mol. The zero-order valence-electron chi connectivity index (χ0n) is 11.7. The Morgan fingerprint density at radius 2 is 1.84 bits per heavy atom. The van der Waals surface area contributed by atoms with Gasteiger partial charge >= 0.3 is 0 Å². The van der Waals surface area contributed by atoms with Crippen molar-refractivity contribution >= 4 is 11.9 Å². The number of hydrogen-bond acceptors (Lipinski definition) is 2. The summed E-state index contributed by atoms with van der Waals surface area (Å²) < 4.78 is 0. The summed E-state index contributed by atoms with van der Waals surface area (Å²) in [5.74, 6) is -0.195. The summed E-state index contributed by atoms with van der Waals surface area (Å²) in [6.07, 6.45) is 8.61. The van der Waals surface area contributed by atoms with Crippen molar-refractivity contribution in [3.63, 3.8) is 0 Å². The molecule has 0 fully saturated rings. The van der Waals surface area contributed by atoms with Crippen molar-refractivity contribution < 1.29 is 9.90 Å². The molecule has 0 aliphatic heterocycles. The molecule has 0 aliphatic rings. The van der Waals surface area contributed by atoms with E-state index < -0.39 is 6.10 Å². The largest absolute Gasteiger partial charge is 0.385 e. The summed E-state index contributed by atoms with van der Waals surface area (Å²) in [6, 6.07) is 9.65. The minimum Gasteiger partial charge on any atom is -0.385 e. The Bertz CT molecular complexity index is 382. The SMILES string of the molecule is CCCCCCCC(O)C(=O)C=Cc1ccccc1. The summed E-state index contributed by atoms with van der Waals surface area (Å²) in [5.41, 5.74) is 0.978. The van der Waals surface area contributed by atoms with E-state index in [1.807, 2.05) is 30.3 Å². The highest BCUT2D eigenvalue weighted by atomic mass is 16.3. The van der Waals surface area contributed by atoms with Crippen molar-refractivity contribution in [1.82, 2.24) is 0 Å². The number of carbonyl (C=O) groups is 1. The van der Waals surface area contributed by atoms with E-state index in [9.17, 15) is 9.90 Å². The van der Waals surface area contributed by atoms with E-state index >= 15 is 0 Å². The fourth-order valence-corrected chi connectivity index (χ4v) is 1.94. The first-order valence-electron chi connectivity index (χ1n) is 7.19. The van der Waals surface area contributed by atoms with Crippen LogP contribution < -0.4 is 0 Å². The number of aliphatic hydroxyl groups excluding tert-OH is 1. The van der Waals surface area contributed by atoms with Crippen LogP contribution in [0.5, 0.6) is 0 Å². The maximum atomic E-state index is 11.7. The molecule has 2 nitrogen and oxygen atoms in total. The fraction of sp³-hybridized carbons (Fsp3) is 0.471. The van der Waals surface area contributed by atoms with E-state index in [0.717, 1.165) is 18.4 Å². The lowest BCUT2D eigenvalue weighted by Gasteiger charge is -2.06. The number of aliphatic hydroxyl groups is 1. The zero-order valence-corrected chi connectivity index (χ0v) is 11.7. The quantitative estimate of drug-likeness (QED) is 0.538. The first-order valence-corrected chi connectivity index (χ1v) is 7.19. The molecule has 0 amide bonds. The monoisotopic (exact) mass is 260 g/mol. The van der Waals surface area contributed by atoms with Crippen molar-refractivity contribution in [2.75, 3.05) is 0 Å². The van der Waals surface area contributed by atoms with E-state index in [1.165, 1.54) is 25.3 Å². The van der Waals surface area contributed by atoms with Gasteiger partial charge in [-0.15, -0.1) is 0 Å². The van der Waals surface area contributed by atoms with Gasteiger partial charge in [-0.2, -0.15) is 0 Å². The van der Waals surface area contributed by atoms with Gasteiger partial charge in [-0.05, 0) is 18.1 Å². The highest BCUT2D eigenvalue weighted by Gasteiger charge is 2.10. The summed E-state index contributed by atoms with van der Waals surface area (Å²) in [5, 5.41) is 9.75. The smallest absolute Gasteiger partial charge is 0.184 e. The molecular formula is C17H24O2. The maximum Gasteiger partial charge on any atom is 0.184 e. The summed E-state index contributed by atoms with van der Waals surface area (Å²) in [4.78, 5) is 11.7. The van der Waals surface area contributed by atoms with Crippen LogP contribution in [0.1, 0.15) is 51.0 Å². The minimum atomic E-state index is -0.846. The third-order valence-corrected chi connectivity index (χ3v) is 3.15. The number of benzene rings is 1. The second-order valence-corrected chi connectivity index (χ2v) is 4.87. The van der Waals surface area contributed by atoms with Gasteiger partial charge < -0.3 is 5.11 Å². The van der Waals surface area contributed by atoms with Gasteiger partial charge in [0, 0.05) is 0 Å². The van der Waals surface area contributed by atoms with Crippen LogP contribution in [0, 0.1) is 0 Å². The van der Waals surface area contributed by atoms with Crippen LogP contribution in [0.25, 0.3) is 6.08 Å². The summed E-state index contributed by atoms with van der Waals surface area (Å²) >= 11 is 0. The highest BCUT2D eigenvalue weighted by Crippen LogP contribution is 2.09. The molecule has 0 aliphatic carbocycles. The lowest BCUT2D eigenvalue weighted by Crippen LogP contribution is -2.17. The molecule has 0 spiro atoms. The molecule has 19 heavy (non-hydrogen) atoms. The molecule has 0 heterocycles. The molecule has 104 valence electrons. The molecule has 2 heteroatoms. The maximum absolute atomic E-state index is 11.7. The van der Waals surface area contributed by atoms with Crippen LogP contribution in [-0.2, 0) is 4.79 Å². The van der Waals surface area contributed by atoms with Gasteiger partial charge in [0.25, 0.3) is 0 Å². The summed E-state index contributed by atoms with van der Waals surface area (Å²) in [7, 11) is 0. The predicted octanol–water partition coefficient (Wildman–Crippen LogP) is 3.99. The third-order valence-electron chi connectivity index (χ3n) is 3.15. The van der Waals surface area contributed by atoms with E-state index in [-0.39, 0.29) is 5.78 Å². The molecular weight excluding hydrogens is 236 g/mol. The number of hydrogen-bond donors (Lipinski definition) is 1. The van der Waals surface area contributed by atoms with Crippen LogP contribution in [0.15, 0.2) is 36.4 Å². The van der Waals surface area contributed by atoms with Gasteiger partial charge in [-0.3, -0.25) is 4.79 Å². The van der Waals surface area contributed by atoms with Gasteiger partial charge in [-0.25, -0.2) is 0 Å². The minimum absolute atomic E-state index is 0.195. The van der Waals surface area contributed by atoms with Crippen LogP contribution in [-0.4, -0.2) is 17.0 Å². The molecule has 0 radical (unpaired) electrons. The molecule has 0 saturated heterocycles. The first-order chi connectivity index (χ1) is 9.24. The Morgan fingerprint density at radius 1 is 1.16 bits per heavy atom. The standard InChI is InChI=1S/C17H24O2/c1-2-3-4-5-9-12-16(18)17(19)14-13-15-10-7-6-8-11-15/h6-8,10-11,13-14,16,18H,2-5,9,12H2,1H3. The Balaban J connectivity index is 2.27. The molecule has 1 unspecified atom stereocenters. The van der Waals surface area contributed by atoms with Crippen molar-refractivity contribution in [3.05, 3.63) is 42.0 Å². The van der Waals surface area contributed by atoms with E-state index in [1.54, 1.807) is 6.08 Å². The first kappa shape index (κ1) is 15.6. The zero-order chi connectivity index (χ0) is 13.9. The Labute approximate surface area is 116 Å². The van der Waals surface area contributed by atoms with Gasteiger partial charge in [0.05, 0.1) is 0 Å². The van der Waals surface area contributed by atoms with Gasteiger partial charge in [0.2, 0.25) is 0 Å². The number of rotatable bonds is 9. The van der Waals surface area contributed by atoms with E-state index in [0.29, 0.717) is 6.42 Å². The van der Waals surface area contributed by atoms with Gasteiger partial charge in [0.1, 0.15) is 6.10 Å². The van der Waals surface area contributed by atoms with Crippen LogP contribution in [0.2, 0.25) is 0 Å². The Morgan fingerprint density at radius 3 is 2.53 bits per heavy atom. The highest BCUT2D eigenvalue weighted by molar-refractivity contribution is 5.96. The molecule has 1 atom stereocenters. The molecule has 0 saturated carbocycles. The predicted molar refractivity (Wildman–Crippen MR) is 79.9 cm³/mol. The van der Waals surface area contributed by atoms with Crippen LogP contribution >= 0.6 is 0 Å². The van der Waals surface area contributed by atoms with E-state index in [4.69, 9.17) is 0 Å². The normalized spacial score (nSPS) is 12.7. The summed E-state index contributed by atoms with van der Waals surface area (Å²) in [6.45, 7) is 2.17. The van der Waals surface area contributed by atoms with Gasteiger partial charge in [-0.1, -0.05) is 75.4 Å². The second-order valence-electron chi connectivity index (χ2n) is 4.87.